The smallest absolute Gasteiger partial charge is 0.255 e. The number of ether oxygens (including phenoxy) is 2. The average Bonchev–Trinajstić information content (AvgIpc) is 2.55. The molecule has 0 aliphatic heterocycles. The van der Waals surface area contributed by atoms with Gasteiger partial charge in [0.1, 0.15) is 0 Å². The minimum absolute atomic E-state index is 0.0523. The molecule has 1 aromatic carbocycles. The first-order chi connectivity index (χ1) is 11.2. The Kier molecular flexibility index (Phi) is 10.6. The van der Waals surface area contributed by atoms with Gasteiger partial charge in [-0.15, -0.1) is 0 Å². The Morgan fingerprint density at radius 3 is 2.00 bits per heavy atom. The molecule has 0 radical (unpaired) electrons. The Morgan fingerprint density at radius 2 is 1.43 bits per heavy atom. The van der Waals surface area contributed by atoms with E-state index in [9.17, 15) is 0 Å². The fourth-order valence-corrected chi connectivity index (χ4v) is 3.44. The zero-order valence-electron chi connectivity index (χ0n) is 15.0. The van der Waals surface area contributed by atoms with E-state index in [0.717, 1.165) is 12.8 Å². The number of hydrogen-bond acceptors (Lipinski definition) is 2. The number of alkyl halides is 1. The van der Waals surface area contributed by atoms with E-state index < -0.39 is 5.25 Å². The monoisotopic (exact) mass is 340 g/mol. The van der Waals surface area contributed by atoms with Gasteiger partial charge < -0.3 is 9.47 Å². The van der Waals surface area contributed by atoms with Crippen molar-refractivity contribution >= 4 is 11.6 Å². The lowest BCUT2D eigenvalue weighted by Crippen LogP contribution is -2.37. The molecule has 0 fully saturated rings. The molecule has 2 nitrogen and oxygen atoms in total. The molecule has 0 spiro atoms. The number of unbranched alkanes of at least 4 members (excludes halogenated alkanes) is 5. The predicted octanol–water partition coefficient (Wildman–Crippen LogP) is 6.49. The first-order valence-electron chi connectivity index (χ1n) is 9.19. The first kappa shape index (κ1) is 20.5. The molecule has 1 unspecified atom stereocenters. The van der Waals surface area contributed by atoms with Crippen molar-refractivity contribution in [3.8, 4) is 0 Å². The molecule has 0 N–H and O–H groups in total. The van der Waals surface area contributed by atoms with Crippen molar-refractivity contribution < 1.29 is 9.47 Å². The predicted molar refractivity (Wildman–Crippen MR) is 99.0 cm³/mol. The quantitative estimate of drug-likeness (QED) is 0.232. The zero-order chi connectivity index (χ0) is 17.0. The van der Waals surface area contributed by atoms with Gasteiger partial charge in [0.05, 0.1) is 5.92 Å². The summed E-state index contributed by atoms with van der Waals surface area (Å²) in [5.41, 5.74) is 1.19. The number of halogens is 1. The minimum atomic E-state index is -1.06. The molecule has 0 aromatic heterocycles. The van der Waals surface area contributed by atoms with Gasteiger partial charge in [-0.3, -0.25) is 0 Å². The highest BCUT2D eigenvalue weighted by Gasteiger charge is 2.39. The summed E-state index contributed by atoms with van der Waals surface area (Å²) in [6.45, 7) is 7.26. The van der Waals surface area contributed by atoms with E-state index in [1.165, 1.54) is 37.7 Å². The molecule has 0 saturated carbocycles. The van der Waals surface area contributed by atoms with Crippen molar-refractivity contribution in [1.82, 2.24) is 0 Å². The van der Waals surface area contributed by atoms with Crippen LogP contribution in [0, 0.1) is 0 Å². The van der Waals surface area contributed by atoms with Crippen molar-refractivity contribution in [3.63, 3.8) is 0 Å². The van der Waals surface area contributed by atoms with Gasteiger partial charge in [-0.25, -0.2) is 0 Å². The third-order valence-corrected chi connectivity index (χ3v) is 4.63. The molecule has 0 amide bonds. The minimum Gasteiger partial charge on any atom is -0.337 e. The van der Waals surface area contributed by atoms with Crippen LogP contribution in [0.1, 0.15) is 77.2 Å². The van der Waals surface area contributed by atoms with Gasteiger partial charge in [-0.05, 0) is 25.8 Å². The lowest BCUT2D eigenvalue weighted by molar-refractivity contribution is -0.188. The lowest BCUT2D eigenvalue weighted by atomic mass is 9.91. The SMILES string of the molecule is CCCCCCCCC(c1ccccc1)C(Cl)(OCC)OCC. The summed E-state index contributed by atoms with van der Waals surface area (Å²) < 4.78 is 11.7. The Bertz CT molecular complexity index is 388. The Morgan fingerprint density at radius 1 is 0.870 bits per heavy atom. The fourth-order valence-electron chi connectivity index (χ4n) is 2.99. The molecule has 3 heteroatoms. The van der Waals surface area contributed by atoms with E-state index in [-0.39, 0.29) is 5.92 Å². The fraction of sp³-hybridized carbons (Fsp3) is 0.700. The second-order valence-corrected chi connectivity index (χ2v) is 6.50. The number of rotatable bonds is 13. The van der Waals surface area contributed by atoms with Gasteiger partial charge in [0, 0.05) is 13.2 Å². The summed E-state index contributed by atoms with van der Waals surface area (Å²) >= 11 is 6.76. The van der Waals surface area contributed by atoms with E-state index in [1.54, 1.807) is 0 Å². The Balaban J connectivity index is 2.73. The van der Waals surface area contributed by atoms with E-state index in [4.69, 9.17) is 21.1 Å². The van der Waals surface area contributed by atoms with E-state index in [0.29, 0.717) is 13.2 Å². The lowest BCUT2D eigenvalue weighted by Gasteiger charge is -2.35. The van der Waals surface area contributed by atoms with Gasteiger partial charge in [-0.2, -0.15) is 0 Å². The van der Waals surface area contributed by atoms with Gasteiger partial charge in [0.15, 0.2) is 0 Å². The van der Waals surface area contributed by atoms with Crippen molar-refractivity contribution in [1.29, 1.82) is 0 Å². The zero-order valence-corrected chi connectivity index (χ0v) is 15.8. The van der Waals surface area contributed by atoms with Crippen LogP contribution in [0.5, 0.6) is 0 Å². The third-order valence-electron chi connectivity index (χ3n) is 4.15. The summed E-state index contributed by atoms with van der Waals surface area (Å²) in [4.78, 5) is 0. The van der Waals surface area contributed by atoms with E-state index >= 15 is 0 Å². The molecule has 1 rings (SSSR count). The van der Waals surface area contributed by atoms with Gasteiger partial charge >= 0.3 is 0 Å². The van der Waals surface area contributed by atoms with Crippen molar-refractivity contribution in [2.45, 2.75) is 76.9 Å². The van der Waals surface area contributed by atoms with Crippen LogP contribution in [-0.2, 0) is 9.47 Å². The second kappa shape index (κ2) is 11.9. The molecule has 0 saturated heterocycles. The summed E-state index contributed by atoms with van der Waals surface area (Å²) in [5, 5.41) is -1.06. The molecule has 0 heterocycles. The first-order valence-corrected chi connectivity index (χ1v) is 9.57. The maximum absolute atomic E-state index is 6.76. The Hall–Kier alpha value is -0.570. The van der Waals surface area contributed by atoms with Gasteiger partial charge in [-0.1, -0.05) is 87.4 Å². The van der Waals surface area contributed by atoms with Crippen LogP contribution in [-0.4, -0.2) is 18.5 Å². The maximum Gasteiger partial charge on any atom is 0.255 e. The van der Waals surface area contributed by atoms with Crippen LogP contribution in [0.2, 0.25) is 0 Å². The van der Waals surface area contributed by atoms with Crippen LogP contribution in [0.25, 0.3) is 0 Å². The molecule has 132 valence electrons. The highest BCUT2D eigenvalue weighted by molar-refractivity contribution is 6.22. The molecule has 1 aromatic rings. The van der Waals surface area contributed by atoms with E-state index in [2.05, 4.69) is 31.2 Å². The van der Waals surface area contributed by atoms with E-state index in [1.807, 2.05) is 19.9 Å². The standard InChI is InChI=1S/C20H33ClO2/c1-4-7-8-9-10-14-17-19(18-15-12-11-13-16-18)20(21,22-5-2)23-6-3/h11-13,15-16,19H,4-10,14,17H2,1-3H3. The molecular weight excluding hydrogens is 308 g/mol. The number of benzene rings is 1. The molecule has 1 atom stereocenters. The summed E-state index contributed by atoms with van der Waals surface area (Å²) in [7, 11) is 0. The van der Waals surface area contributed by atoms with Crippen LogP contribution in [0.15, 0.2) is 30.3 Å². The van der Waals surface area contributed by atoms with Crippen molar-refractivity contribution in [2.75, 3.05) is 13.2 Å². The summed E-state index contributed by atoms with van der Waals surface area (Å²) in [6, 6.07) is 10.4. The second-order valence-electron chi connectivity index (χ2n) is 5.97. The van der Waals surface area contributed by atoms with Crippen LogP contribution in [0.4, 0.5) is 0 Å². The highest BCUT2D eigenvalue weighted by atomic mass is 35.5. The topological polar surface area (TPSA) is 18.5 Å². The normalized spacial score (nSPS) is 13.2. The van der Waals surface area contributed by atoms with Crippen LogP contribution < -0.4 is 0 Å². The average molecular weight is 341 g/mol. The van der Waals surface area contributed by atoms with Gasteiger partial charge in [0.25, 0.3) is 5.25 Å². The molecule has 0 aliphatic carbocycles. The van der Waals surface area contributed by atoms with Crippen LogP contribution >= 0.6 is 11.6 Å². The molecular formula is C20H33ClO2. The Labute approximate surface area is 147 Å². The molecule has 0 aliphatic rings. The van der Waals surface area contributed by atoms with Crippen molar-refractivity contribution in [2.24, 2.45) is 0 Å². The molecule has 0 bridgehead atoms. The van der Waals surface area contributed by atoms with Gasteiger partial charge in [0.2, 0.25) is 0 Å². The van der Waals surface area contributed by atoms with Crippen LogP contribution in [0.3, 0.4) is 0 Å². The number of hydrogen-bond donors (Lipinski definition) is 0. The largest absolute Gasteiger partial charge is 0.337 e. The van der Waals surface area contributed by atoms with Crippen molar-refractivity contribution in [3.05, 3.63) is 35.9 Å². The summed E-state index contributed by atoms with van der Waals surface area (Å²) in [5.74, 6) is 0.0523. The maximum atomic E-state index is 6.76. The third kappa shape index (κ3) is 7.24. The summed E-state index contributed by atoms with van der Waals surface area (Å²) in [6.07, 6.45) is 8.63. The highest BCUT2D eigenvalue weighted by Crippen LogP contribution is 2.40. The molecule has 23 heavy (non-hydrogen) atoms.